The van der Waals surface area contributed by atoms with E-state index >= 15 is 0 Å². The number of anilines is 2. The predicted molar refractivity (Wildman–Crippen MR) is 198 cm³/mol. The fraction of sp³-hybridized carbons (Fsp3) is 0.293. The Balaban J connectivity index is 0.939. The molecular formula is C41H42N6O4. The lowest BCUT2D eigenvalue weighted by atomic mass is 10.1. The molecule has 2 atom stereocenters. The third-order valence-corrected chi connectivity index (χ3v) is 9.87. The second-order valence-electron chi connectivity index (χ2n) is 13.3. The van der Waals surface area contributed by atoms with E-state index in [0.717, 1.165) is 40.6 Å². The first-order valence-electron chi connectivity index (χ1n) is 17.8. The van der Waals surface area contributed by atoms with Gasteiger partial charge in [0.15, 0.2) is 0 Å². The molecule has 260 valence electrons. The molecule has 1 aromatic heterocycles. The van der Waals surface area contributed by atoms with Gasteiger partial charge >= 0.3 is 0 Å². The molecule has 10 nitrogen and oxygen atoms in total. The number of hydrogen-bond acceptors (Lipinski definition) is 5. The lowest BCUT2D eigenvalue weighted by molar-refractivity contribution is -0.136. The Morgan fingerprint density at radius 1 is 0.647 bits per heavy atom. The van der Waals surface area contributed by atoms with Crippen LogP contribution in [0.2, 0.25) is 0 Å². The molecule has 4 aromatic carbocycles. The number of imidazole rings is 1. The van der Waals surface area contributed by atoms with Crippen LogP contribution in [0.3, 0.4) is 0 Å². The lowest BCUT2D eigenvalue weighted by Gasteiger charge is -2.24. The number of rotatable bonds is 11. The average Bonchev–Trinajstić information content (AvgIpc) is 3.94. The molecule has 5 aromatic rings. The Kier molecular flexibility index (Phi) is 10.2. The van der Waals surface area contributed by atoms with Gasteiger partial charge in [0.25, 0.3) is 0 Å². The van der Waals surface area contributed by atoms with Gasteiger partial charge in [-0.15, -0.1) is 0 Å². The smallest absolute Gasteiger partial charge is 0.247 e. The van der Waals surface area contributed by atoms with Crippen molar-refractivity contribution in [1.29, 1.82) is 0 Å². The van der Waals surface area contributed by atoms with E-state index in [4.69, 9.17) is 4.98 Å². The van der Waals surface area contributed by atoms with E-state index in [2.05, 4.69) is 15.6 Å². The van der Waals surface area contributed by atoms with Crippen molar-refractivity contribution in [1.82, 2.24) is 19.8 Å². The maximum absolute atomic E-state index is 13.3. The third kappa shape index (κ3) is 8.01. The topological polar surface area (TPSA) is 128 Å². The first-order valence-corrected chi connectivity index (χ1v) is 17.8. The summed E-state index contributed by atoms with van der Waals surface area (Å²) in [4.78, 5) is 64.1. The molecule has 2 aliphatic rings. The summed E-state index contributed by atoms with van der Waals surface area (Å²) in [6, 6.07) is 31.8. The zero-order valence-electron chi connectivity index (χ0n) is 28.5. The number of aryl methyl sites for hydroxylation is 2. The SMILES string of the molecule is O=C(Nc1ccc(-c2nc3ccc(NC(=O)C4CCCN4C(=O)CCc4ccccc4)cc3[nH]2)cc1)C1CCCN1C(=O)CCc1ccccc1. The van der Waals surface area contributed by atoms with Crippen LogP contribution in [-0.4, -0.2) is 68.6 Å². The minimum Gasteiger partial charge on any atom is -0.338 e. The number of likely N-dealkylation sites (tertiary alicyclic amines) is 2. The summed E-state index contributed by atoms with van der Waals surface area (Å²) in [7, 11) is 0. The minimum atomic E-state index is -0.489. The molecule has 3 heterocycles. The highest BCUT2D eigenvalue weighted by Gasteiger charge is 2.35. The molecule has 2 aliphatic heterocycles. The molecule has 10 heteroatoms. The van der Waals surface area contributed by atoms with Gasteiger partial charge in [-0.1, -0.05) is 60.7 Å². The molecule has 2 fully saturated rings. The first kappa shape index (κ1) is 33.7. The number of carbonyl (C=O) groups is 4. The molecule has 0 aliphatic carbocycles. The predicted octanol–water partition coefficient (Wildman–Crippen LogP) is 6.35. The molecule has 7 rings (SSSR count). The molecule has 2 unspecified atom stereocenters. The summed E-state index contributed by atoms with van der Waals surface area (Å²) in [6.45, 7) is 1.18. The Morgan fingerprint density at radius 3 is 1.71 bits per heavy atom. The van der Waals surface area contributed by atoms with Gasteiger partial charge in [-0.25, -0.2) is 4.98 Å². The van der Waals surface area contributed by atoms with Crippen LogP contribution >= 0.6 is 0 Å². The maximum atomic E-state index is 13.3. The van der Waals surface area contributed by atoms with E-state index in [9.17, 15) is 19.2 Å². The number of fused-ring (bicyclic) bond motifs is 1. The molecule has 2 saturated heterocycles. The number of aromatic nitrogens is 2. The van der Waals surface area contributed by atoms with E-state index in [1.165, 1.54) is 0 Å². The fourth-order valence-corrected chi connectivity index (χ4v) is 7.14. The van der Waals surface area contributed by atoms with Crippen molar-refractivity contribution in [3.05, 3.63) is 114 Å². The van der Waals surface area contributed by atoms with Gasteiger partial charge in [-0.3, -0.25) is 19.2 Å². The number of hydrogen-bond donors (Lipinski definition) is 3. The van der Waals surface area contributed by atoms with Gasteiger partial charge in [0.1, 0.15) is 17.9 Å². The number of amides is 4. The summed E-state index contributed by atoms with van der Waals surface area (Å²) in [5.74, 6) is 0.298. The molecule has 3 N–H and O–H groups in total. The second-order valence-corrected chi connectivity index (χ2v) is 13.3. The van der Waals surface area contributed by atoms with E-state index in [1.54, 1.807) is 9.80 Å². The van der Waals surface area contributed by atoms with Gasteiger partial charge in [-0.05, 0) is 92.1 Å². The van der Waals surface area contributed by atoms with Crippen LogP contribution in [0.25, 0.3) is 22.4 Å². The Hall–Kier alpha value is -5.77. The van der Waals surface area contributed by atoms with E-state index in [0.29, 0.717) is 68.8 Å². The van der Waals surface area contributed by atoms with Crippen LogP contribution < -0.4 is 10.6 Å². The molecule has 0 spiro atoms. The number of nitrogens with zero attached hydrogens (tertiary/aromatic N) is 3. The van der Waals surface area contributed by atoms with Crippen LogP contribution in [0.4, 0.5) is 11.4 Å². The van der Waals surface area contributed by atoms with Crippen LogP contribution in [0.15, 0.2) is 103 Å². The Labute approximate surface area is 297 Å². The Bertz CT molecular complexity index is 2010. The number of nitrogens with one attached hydrogen (secondary N) is 3. The van der Waals surface area contributed by atoms with Crippen molar-refractivity contribution in [2.45, 2.75) is 63.5 Å². The molecule has 0 bridgehead atoms. The summed E-state index contributed by atoms with van der Waals surface area (Å²) >= 11 is 0. The minimum absolute atomic E-state index is 0.000824. The standard InChI is InChI=1S/C41H42N6O4/c48-37(23-15-28-9-3-1-4-10-28)46-25-7-13-35(46)40(50)42-31-19-17-30(18-20-31)39-44-33-22-21-32(27-34(33)45-39)43-41(51)36-14-8-26-47(36)38(49)24-16-29-11-5-2-6-12-29/h1-6,9-12,17-22,27,35-36H,7-8,13-16,23-26H2,(H,42,50)(H,43,51)(H,44,45). The third-order valence-electron chi connectivity index (χ3n) is 9.87. The van der Waals surface area contributed by atoms with Crippen molar-refractivity contribution in [2.75, 3.05) is 23.7 Å². The second kappa shape index (κ2) is 15.4. The van der Waals surface area contributed by atoms with Gasteiger partial charge in [-0.2, -0.15) is 0 Å². The highest BCUT2D eigenvalue weighted by atomic mass is 16.2. The van der Waals surface area contributed by atoms with Gasteiger partial charge in [0.05, 0.1) is 11.0 Å². The highest BCUT2D eigenvalue weighted by Crippen LogP contribution is 2.27. The average molecular weight is 683 g/mol. The zero-order valence-corrected chi connectivity index (χ0v) is 28.5. The Morgan fingerprint density at radius 2 is 1.16 bits per heavy atom. The largest absolute Gasteiger partial charge is 0.338 e. The van der Waals surface area contributed by atoms with Crippen molar-refractivity contribution >= 4 is 46.0 Å². The number of benzene rings is 4. The van der Waals surface area contributed by atoms with Gasteiger partial charge < -0.3 is 25.4 Å². The summed E-state index contributed by atoms with van der Waals surface area (Å²) in [5, 5.41) is 6.00. The molecule has 0 saturated carbocycles. The molecule has 4 amide bonds. The zero-order chi connectivity index (χ0) is 35.2. The summed E-state index contributed by atoms with van der Waals surface area (Å²) < 4.78 is 0. The van der Waals surface area contributed by atoms with E-state index in [-0.39, 0.29) is 23.6 Å². The summed E-state index contributed by atoms with van der Waals surface area (Å²) in [5.41, 5.74) is 5.84. The maximum Gasteiger partial charge on any atom is 0.247 e. The normalized spacial score (nSPS) is 17.1. The lowest BCUT2D eigenvalue weighted by Crippen LogP contribution is -2.43. The number of H-pyrrole nitrogens is 1. The van der Waals surface area contributed by atoms with Gasteiger partial charge in [0.2, 0.25) is 23.6 Å². The van der Waals surface area contributed by atoms with Crippen LogP contribution in [0.1, 0.15) is 49.7 Å². The quantitative estimate of drug-likeness (QED) is 0.150. The van der Waals surface area contributed by atoms with Crippen molar-refractivity contribution in [3.63, 3.8) is 0 Å². The fourth-order valence-electron chi connectivity index (χ4n) is 7.14. The van der Waals surface area contributed by atoms with E-state index in [1.807, 2.05) is 103 Å². The van der Waals surface area contributed by atoms with Crippen LogP contribution in [0.5, 0.6) is 0 Å². The molecular weight excluding hydrogens is 640 g/mol. The monoisotopic (exact) mass is 682 g/mol. The molecule has 51 heavy (non-hydrogen) atoms. The van der Waals surface area contributed by atoms with Crippen molar-refractivity contribution < 1.29 is 19.2 Å². The van der Waals surface area contributed by atoms with Crippen molar-refractivity contribution in [3.8, 4) is 11.4 Å². The van der Waals surface area contributed by atoms with Gasteiger partial charge in [0, 0.05) is 42.9 Å². The van der Waals surface area contributed by atoms with E-state index < -0.39 is 12.1 Å². The first-order chi connectivity index (χ1) is 24.9. The summed E-state index contributed by atoms with van der Waals surface area (Å²) in [6.07, 6.45) is 4.95. The van der Waals surface area contributed by atoms with Crippen molar-refractivity contribution in [2.24, 2.45) is 0 Å². The number of aromatic amines is 1. The van der Waals surface area contributed by atoms with Crippen LogP contribution in [0, 0.1) is 0 Å². The molecule has 0 radical (unpaired) electrons. The number of carbonyl (C=O) groups excluding carboxylic acids is 4. The van der Waals surface area contributed by atoms with Crippen LogP contribution in [-0.2, 0) is 32.0 Å². The highest BCUT2D eigenvalue weighted by molar-refractivity contribution is 5.99.